The molecule has 0 saturated heterocycles. The Balaban J connectivity index is 1.94. The van der Waals surface area contributed by atoms with Crippen molar-refractivity contribution in [1.82, 2.24) is 0 Å². The van der Waals surface area contributed by atoms with Gasteiger partial charge in [0.2, 0.25) is 6.23 Å². The van der Waals surface area contributed by atoms with Crippen molar-refractivity contribution >= 4 is 11.9 Å². The lowest BCUT2D eigenvalue weighted by Crippen LogP contribution is -2.29. The summed E-state index contributed by atoms with van der Waals surface area (Å²) in [7, 11) is 4.06. The highest BCUT2D eigenvalue weighted by Gasteiger charge is 2.12. The number of ether oxygens (including phenoxy) is 1. The molecule has 2 aromatic rings. The van der Waals surface area contributed by atoms with Crippen molar-refractivity contribution in [3.8, 4) is 0 Å². The molecule has 1 unspecified atom stereocenters. The van der Waals surface area contributed by atoms with Gasteiger partial charge in [0, 0.05) is 30.6 Å². The van der Waals surface area contributed by atoms with E-state index in [9.17, 15) is 0 Å². The van der Waals surface area contributed by atoms with E-state index in [0.717, 1.165) is 16.1 Å². The average Bonchev–Trinajstić information content (AvgIpc) is 2.47. The molecular weight excluding hydrogens is 236 g/mol. The summed E-state index contributed by atoms with van der Waals surface area (Å²) < 4.78 is 5.69. The molecule has 1 aliphatic heterocycles. The number of para-hydroxylation sites is 1. The summed E-state index contributed by atoms with van der Waals surface area (Å²) in [6.07, 6.45) is 1.54. The number of anilines is 1. The van der Waals surface area contributed by atoms with Crippen LogP contribution in [0.15, 0.2) is 53.5 Å². The number of nitrogens with zero attached hydrogens (tertiary/aromatic N) is 2. The van der Waals surface area contributed by atoms with Crippen LogP contribution >= 0.6 is 0 Å². The van der Waals surface area contributed by atoms with Crippen LogP contribution < -0.4 is 15.5 Å². The maximum atomic E-state index is 5.69. The van der Waals surface area contributed by atoms with Gasteiger partial charge in [0.1, 0.15) is 0 Å². The second-order valence-corrected chi connectivity index (χ2v) is 4.78. The van der Waals surface area contributed by atoms with Crippen LogP contribution in [0.4, 0.5) is 5.69 Å². The fraction of sp³-hybridized carbons (Fsp3) is 0.188. The van der Waals surface area contributed by atoms with Crippen LogP contribution in [-0.2, 0) is 4.74 Å². The zero-order valence-electron chi connectivity index (χ0n) is 11.1. The largest absolute Gasteiger partial charge is 0.471 e. The van der Waals surface area contributed by atoms with Gasteiger partial charge >= 0.3 is 0 Å². The first-order chi connectivity index (χ1) is 9.24. The lowest BCUT2D eigenvalue weighted by atomic mass is 10.1. The zero-order chi connectivity index (χ0) is 13.2. The maximum Gasteiger partial charge on any atom is 0.215 e. The molecule has 0 saturated carbocycles. The molecule has 0 aromatic heterocycles. The van der Waals surface area contributed by atoms with Crippen molar-refractivity contribution in [3.63, 3.8) is 0 Å². The number of benzene rings is 2. The van der Waals surface area contributed by atoms with Crippen LogP contribution in [0.2, 0.25) is 0 Å². The topological polar surface area (TPSA) is 24.8 Å². The molecule has 96 valence electrons. The first kappa shape index (κ1) is 11.8. The Morgan fingerprint density at radius 2 is 1.74 bits per heavy atom. The number of hydrogen-bond acceptors (Lipinski definition) is 3. The maximum absolute atomic E-state index is 5.69. The quantitative estimate of drug-likeness (QED) is 0.814. The van der Waals surface area contributed by atoms with Crippen LogP contribution in [0.5, 0.6) is 0 Å². The predicted molar refractivity (Wildman–Crippen MR) is 76.3 cm³/mol. The predicted octanol–water partition coefficient (Wildman–Crippen LogP) is 1.84. The first-order valence-electron chi connectivity index (χ1n) is 6.30. The van der Waals surface area contributed by atoms with Gasteiger partial charge in [0.05, 0.1) is 11.6 Å². The molecule has 0 spiro atoms. The Hall–Kier alpha value is -2.29. The summed E-state index contributed by atoms with van der Waals surface area (Å²) in [5, 5.41) is 2.01. The Morgan fingerprint density at radius 3 is 2.47 bits per heavy atom. The molecule has 0 aliphatic carbocycles. The van der Waals surface area contributed by atoms with Gasteiger partial charge in [-0.2, -0.15) is 0 Å². The van der Waals surface area contributed by atoms with Crippen LogP contribution in [0.3, 0.4) is 0 Å². The van der Waals surface area contributed by atoms with Crippen molar-refractivity contribution < 1.29 is 4.74 Å². The van der Waals surface area contributed by atoms with Gasteiger partial charge in [-0.15, -0.1) is 0 Å². The summed E-state index contributed by atoms with van der Waals surface area (Å²) in [5.74, 6) is 0. The molecule has 3 rings (SSSR count). The van der Waals surface area contributed by atoms with Crippen LogP contribution in [-0.4, -0.2) is 14.1 Å². The average molecular weight is 252 g/mol. The SMILES string of the molecule is CN(C)c1ccc(C2N=c3ccccc3=CO2)cc1. The van der Waals surface area contributed by atoms with E-state index in [1.54, 1.807) is 6.26 Å². The standard InChI is InChI=1S/C16H16N2O/c1-18(2)14-9-7-12(8-10-14)16-17-15-6-4-3-5-13(15)11-19-16/h3-11,16H,1-2H3. The van der Waals surface area contributed by atoms with Gasteiger partial charge in [-0.25, -0.2) is 4.99 Å². The third-order valence-corrected chi connectivity index (χ3v) is 3.21. The van der Waals surface area contributed by atoms with Gasteiger partial charge in [-0.1, -0.05) is 24.3 Å². The third-order valence-electron chi connectivity index (χ3n) is 3.21. The summed E-state index contributed by atoms with van der Waals surface area (Å²) in [4.78, 5) is 6.70. The molecule has 0 bridgehead atoms. The van der Waals surface area contributed by atoms with E-state index < -0.39 is 0 Å². The number of hydrogen-bond donors (Lipinski definition) is 0. The van der Waals surface area contributed by atoms with Crippen LogP contribution in [0.25, 0.3) is 6.26 Å². The van der Waals surface area contributed by atoms with Crippen molar-refractivity contribution in [1.29, 1.82) is 0 Å². The van der Waals surface area contributed by atoms with Gasteiger partial charge in [0.25, 0.3) is 0 Å². The summed E-state index contributed by atoms with van der Waals surface area (Å²) >= 11 is 0. The summed E-state index contributed by atoms with van der Waals surface area (Å²) in [6.45, 7) is 0. The van der Waals surface area contributed by atoms with Crippen LogP contribution in [0.1, 0.15) is 11.8 Å². The third kappa shape index (κ3) is 2.32. The minimum Gasteiger partial charge on any atom is -0.471 e. The van der Waals surface area contributed by atoms with E-state index in [0.29, 0.717) is 0 Å². The van der Waals surface area contributed by atoms with E-state index in [1.165, 1.54) is 5.69 Å². The highest BCUT2D eigenvalue weighted by Crippen LogP contribution is 2.22. The second kappa shape index (κ2) is 4.76. The molecule has 0 fully saturated rings. The molecular formula is C16H16N2O. The molecule has 2 aromatic carbocycles. The highest BCUT2D eigenvalue weighted by molar-refractivity contribution is 5.46. The highest BCUT2D eigenvalue weighted by atomic mass is 16.5. The molecule has 0 radical (unpaired) electrons. The van der Waals surface area contributed by atoms with E-state index in [4.69, 9.17) is 4.74 Å². The van der Waals surface area contributed by atoms with Gasteiger partial charge in [-0.05, 0) is 24.3 Å². The Kier molecular flexibility index (Phi) is 2.95. The summed E-state index contributed by atoms with van der Waals surface area (Å²) in [6, 6.07) is 16.3. The Bertz CT molecular complexity index is 689. The van der Waals surface area contributed by atoms with E-state index in [1.807, 2.05) is 38.4 Å². The Labute approximate surface area is 112 Å². The van der Waals surface area contributed by atoms with Crippen molar-refractivity contribution in [2.45, 2.75) is 6.23 Å². The lowest BCUT2D eigenvalue weighted by molar-refractivity contribution is 0.182. The van der Waals surface area contributed by atoms with E-state index in [-0.39, 0.29) is 6.23 Å². The van der Waals surface area contributed by atoms with Crippen molar-refractivity contribution in [2.24, 2.45) is 4.99 Å². The fourth-order valence-electron chi connectivity index (χ4n) is 2.09. The summed E-state index contributed by atoms with van der Waals surface area (Å²) in [5.41, 5.74) is 2.24. The monoisotopic (exact) mass is 252 g/mol. The molecule has 3 heteroatoms. The molecule has 1 heterocycles. The smallest absolute Gasteiger partial charge is 0.215 e. The van der Waals surface area contributed by atoms with Crippen molar-refractivity contribution in [2.75, 3.05) is 19.0 Å². The molecule has 0 amide bonds. The van der Waals surface area contributed by atoms with Crippen molar-refractivity contribution in [3.05, 3.63) is 64.7 Å². The van der Waals surface area contributed by atoms with E-state index in [2.05, 4.69) is 34.2 Å². The zero-order valence-corrected chi connectivity index (χ0v) is 11.1. The van der Waals surface area contributed by atoms with Gasteiger partial charge in [-0.3, -0.25) is 0 Å². The van der Waals surface area contributed by atoms with Gasteiger partial charge in [0.15, 0.2) is 0 Å². The van der Waals surface area contributed by atoms with E-state index >= 15 is 0 Å². The minimum absolute atomic E-state index is 0.244. The second-order valence-electron chi connectivity index (χ2n) is 4.78. The lowest BCUT2D eigenvalue weighted by Gasteiger charge is -2.17. The number of rotatable bonds is 2. The fourth-order valence-corrected chi connectivity index (χ4v) is 2.09. The molecule has 1 aliphatic rings. The molecule has 1 atom stereocenters. The molecule has 0 N–H and O–H groups in total. The van der Waals surface area contributed by atoms with Crippen LogP contribution in [0, 0.1) is 0 Å². The van der Waals surface area contributed by atoms with Gasteiger partial charge < -0.3 is 9.64 Å². The molecule has 19 heavy (non-hydrogen) atoms. The first-order valence-corrected chi connectivity index (χ1v) is 6.30. The Morgan fingerprint density at radius 1 is 1.00 bits per heavy atom. The molecule has 3 nitrogen and oxygen atoms in total. The normalized spacial score (nSPS) is 16.6. The minimum atomic E-state index is -0.244. The number of fused-ring (bicyclic) bond motifs is 1.